The van der Waals surface area contributed by atoms with Gasteiger partial charge in [0.15, 0.2) is 0 Å². The van der Waals surface area contributed by atoms with E-state index in [2.05, 4.69) is 23.2 Å². The van der Waals surface area contributed by atoms with Gasteiger partial charge >= 0.3 is 0 Å². The van der Waals surface area contributed by atoms with Gasteiger partial charge in [0.1, 0.15) is 11.8 Å². The second kappa shape index (κ2) is 5.38. The fourth-order valence-corrected chi connectivity index (χ4v) is 2.22. The Morgan fingerprint density at radius 1 is 0.750 bits per heavy atom. The lowest BCUT2D eigenvalue weighted by Gasteiger charge is -2.10. The van der Waals surface area contributed by atoms with E-state index in [0.717, 1.165) is 22.3 Å². The Bertz CT molecular complexity index is 756. The summed E-state index contributed by atoms with van der Waals surface area (Å²) in [6, 6.07) is 24.1. The van der Waals surface area contributed by atoms with Crippen molar-refractivity contribution in [2.24, 2.45) is 0 Å². The molecule has 0 bridgehead atoms. The van der Waals surface area contributed by atoms with Gasteiger partial charge in [0.05, 0.1) is 0 Å². The molecule has 0 spiro atoms. The molecule has 0 unspecified atom stereocenters. The zero-order valence-electron chi connectivity index (χ0n) is 10.8. The fourth-order valence-electron chi connectivity index (χ4n) is 2.22. The molecule has 0 fully saturated rings. The average molecular weight is 256 g/mol. The molecule has 0 saturated heterocycles. The van der Waals surface area contributed by atoms with Crippen molar-refractivity contribution in [2.45, 2.75) is 0 Å². The normalized spacial score (nSPS) is 9.95. The smallest absolute Gasteiger partial charge is 0.141 e. The minimum atomic E-state index is 0.434. The number of rotatable bonds is 2. The number of aromatic nitrogens is 1. The third-order valence-corrected chi connectivity index (χ3v) is 3.19. The van der Waals surface area contributed by atoms with Gasteiger partial charge in [-0.15, -0.1) is 0 Å². The molecule has 0 radical (unpaired) electrons. The second-order valence-electron chi connectivity index (χ2n) is 4.46. The molecule has 0 saturated carbocycles. The maximum atomic E-state index is 9.06. The van der Waals surface area contributed by atoms with E-state index in [1.54, 1.807) is 6.20 Å². The van der Waals surface area contributed by atoms with E-state index >= 15 is 0 Å². The van der Waals surface area contributed by atoms with Crippen molar-refractivity contribution in [1.29, 1.82) is 5.26 Å². The summed E-state index contributed by atoms with van der Waals surface area (Å²) in [5.41, 5.74) is 4.69. The zero-order chi connectivity index (χ0) is 13.8. The van der Waals surface area contributed by atoms with Crippen molar-refractivity contribution >= 4 is 0 Å². The third-order valence-electron chi connectivity index (χ3n) is 3.19. The molecule has 0 aliphatic heterocycles. The highest BCUT2D eigenvalue weighted by atomic mass is 14.7. The quantitative estimate of drug-likeness (QED) is 0.686. The van der Waals surface area contributed by atoms with Gasteiger partial charge in [0.2, 0.25) is 0 Å². The maximum Gasteiger partial charge on any atom is 0.141 e. The van der Waals surface area contributed by atoms with Crippen molar-refractivity contribution in [2.75, 3.05) is 0 Å². The first-order valence-electron chi connectivity index (χ1n) is 6.39. The van der Waals surface area contributed by atoms with Crippen LogP contribution in [0.25, 0.3) is 22.3 Å². The van der Waals surface area contributed by atoms with E-state index in [9.17, 15) is 0 Å². The van der Waals surface area contributed by atoms with Crippen molar-refractivity contribution in [3.63, 3.8) is 0 Å². The van der Waals surface area contributed by atoms with E-state index in [0.29, 0.717) is 5.69 Å². The summed E-state index contributed by atoms with van der Waals surface area (Å²) in [6.45, 7) is 0. The van der Waals surface area contributed by atoms with Gasteiger partial charge in [0.25, 0.3) is 0 Å². The first kappa shape index (κ1) is 12.1. The molecule has 94 valence electrons. The molecule has 0 aliphatic rings. The minimum Gasteiger partial charge on any atom is -0.245 e. The topological polar surface area (TPSA) is 36.7 Å². The van der Waals surface area contributed by atoms with E-state index in [1.807, 2.05) is 54.6 Å². The molecule has 1 heterocycles. The third kappa shape index (κ3) is 2.30. The standard InChI is InChI=1S/C18H12N2/c19-12-16-11-17(14-7-3-1-4-8-14)18(13-20-16)15-9-5-2-6-10-15/h1-11,13H. The number of hydrogen-bond donors (Lipinski definition) is 0. The molecule has 0 atom stereocenters. The lowest BCUT2D eigenvalue weighted by atomic mass is 9.96. The summed E-state index contributed by atoms with van der Waals surface area (Å²) in [6.07, 6.45) is 1.77. The van der Waals surface area contributed by atoms with Crippen molar-refractivity contribution < 1.29 is 0 Å². The van der Waals surface area contributed by atoms with Crippen LogP contribution in [0.2, 0.25) is 0 Å². The lowest BCUT2D eigenvalue weighted by Crippen LogP contribution is -1.90. The van der Waals surface area contributed by atoms with Crippen LogP contribution in [-0.4, -0.2) is 4.98 Å². The number of nitrogens with zero attached hydrogens (tertiary/aromatic N) is 2. The molecule has 0 aliphatic carbocycles. The van der Waals surface area contributed by atoms with Crippen molar-refractivity contribution in [3.8, 4) is 28.3 Å². The maximum absolute atomic E-state index is 9.06. The van der Waals surface area contributed by atoms with E-state index < -0.39 is 0 Å². The number of nitriles is 1. The van der Waals surface area contributed by atoms with E-state index in [1.165, 1.54) is 0 Å². The van der Waals surface area contributed by atoms with Crippen LogP contribution in [0, 0.1) is 11.3 Å². The Hall–Kier alpha value is -2.92. The first-order chi connectivity index (χ1) is 9.88. The summed E-state index contributed by atoms with van der Waals surface area (Å²) in [4.78, 5) is 4.20. The molecule has 2 aromatic carbocycles. The summed E-state index contributed by atoms with van der Waals surface area (Å²) in [5.74, 6) is 0. The van der Waals surface area contributed by atoms with Crippen LogP contribution in [0.5, 0.6) is 0 Å². The Morgan fingerprint density at radius 3 is 1.85 bits per heavy atom. The molecule has 0 amide bonds. The monoisotopic (exact) mass is 256 g/mol. The first-order valence-corrected chi connectivity index (χ1v) is 6.39. The highest BCUT2D eigenvalue weighted by Crippen LogP contribution is 2.31. The second-order valence-corrected chi connectivity index (χ2v) is 4.46. The van der Waals surface area contributed by atoms with Crippen LogP contribution in [0.15, 0.2) is 72.9 Å². The van der Waals surface area contributed by atoms with Gasteiger partial charge in [-0.3, -0.25) is 0 Å². The highest BCUT2D eigenvalue weighted by molar-refractivity contribution is 5.83. The van der Waals surface area contributed by atoms with Crippen LogP contribution >= 0.6 is 0 Å². The van der Waals surface area contributed by atoms with Crippen LogP contribution < -0.4 is 0 Å². The van der Waals surface area contributed by atoms with Crippen LogP contribution in [-0.2, 0) is 0 Å². The Labute approximate surface area is 118 Å². The molecule has 0 N–H and O–H groups in total. The van der Waals surface area contributed by atoms with Gasteiger partial charge in [0, 0.05) is 11.8 Å². The molecule has 2 heteroatoms. The largest absolute Gasteiger partial charge is 0.245 e. The van der Waals surface area contributed by atoms with Crippen molar-refractivity contribution in [1.82, 2.24) is 4.98 Å². The Kier molecular flexibility index (Phi) is 3.26. The zero-order valence-corrected chi connectivity index (χ0v) is 10.8. The highest BCUT2D eigenvalue weighted by Gasteiger charge is 2.09. The van der Waals surface area contributed by atoms with Crippen LogP contribution in [0.4, 0.5) is 0 Å². The molecule has 3 rings (SSSR count). The number of pyridine rings is 1. The Morgan fingerprint density at radius 2 is 1.30 bits per heavy atom. The van der Waals surface area contributed by atoms with Crippen molar-refractivity contribution in [3.05, 3.63) is 78.6 Å². The predicted molar refractivity (Wildman–Crippen MR) is 79.8 cm³/mol. The summed E-state index contributed by atoms with van der Waals surface area (Å²) in [5, 5.41) is 9.06. The molecule has 2 nitrogen and oxygen atoms in total. The van der Waals surface area contributed by atoms with Gasteiger partial charge in [-0.2, -0.15) is 5.26 Å². The summed E-state index contributed by atoms with van der Waals surface area (Å²) in [7, 11) is 0. The van der Waals surface area contributed by atoms with Crippen LogP contribution in [0.3, 0.4) is 0 Å². The van der Waals surface area contributed by atoms with E-state index in [-0.39, 0.29) is 0 Å². The molecule has 20 heavy (non-hydrogen) atoms. The lowest BCUT2D eigenvalue weighted by molar-refractivity contribution is 1.26. The predicted octanol–water partition coefficient (Wildman–Crippen LogP) is 4.29. The molecule has 1 aromatic heterocycles. The molecule has 3 aromatic rings. The Balaban J connectivity index is 2.23. The number of hydrogen-bond acceptors (Lipinski definition) is 2. The molecular formula is C18H12N2. The molecular weight excluding hydrogens is 244 g/mol. The summed E-state index contributed by atoms with van der Waals surface area (Å²) < 4.78 is 0. The van der Waals surface area contributed by atoms with Crippen LogP contribution in [0.1, 0.15) is 5.69 Å². The van der Waals surface area contributed by atoms with E-state index in [4.69, 9.17) is 5.26 Å². The SMILES string of the molecule is N#Cc1cc(-c2ccccc2)c(-c2ccccc2)cn1. The van der Waals surface area contributed by atoms with Gasteiger partial charge in [-0.05, 0) is 22.8 Å². The fraction of sp³-hybridized carbons (Fsp3) is 0. The van der Waals surface area contributed by atoms with Gasteiger partial charge in [-0.1, -0.05) is 60.7 Å². The number of benzene rings is 2. The van der Waals surface area contributed by atoms with Gasteiger partial charge < -0.3 is 0 Å². The summed E-state index contributed by atoms with van der Waals surface area (Å²) >= 11 is 0. The minimum absolute atomic E-state index is 0.434. The van der Waals surface area contributed by atoms with Gasteiger partial charge in [-0.25, -0.2) is 4.98 Å². The average Bonchev–Trinajstić information content (AvgIpc) is 2.56.